The third-order valence-corrected chi connectivity index (χ3v) is 5.75. The van der Waals surface area contributed by atoms with Crippen LogP contribution in [0.2, 0.25) is 0 Å². The van der Waals surface area contributed by atoms with Gasteiger partial charge in [0.1, 0.15) is 18.2 Å². The first-order valence-electron chi connectivity index (χ1n) is 11.2. The number of nitrogens with one attached hydrogen (secondary N) is 1. The fourth-order valence-corrected chi connectivity index (χ4v) is 4.10. The summed E-state index contributed by atoms with van der Waals surface area (Å²) in [6.45, 7) is 4.34. The van der Waals surface area contributed by atoms with Crippen molar-refractivity contribution in [3.05, 3.63) is 108 Å². The quantitative estimate of drug-likeness (QED) is 0.346. The summed E-state index contributed by atoms with van der Waals surface area (Å²) in [6, 6.07) is 33.3. The van der Waals surface area contributed by atoms with E-state index in [1.165, 1.54) is 16.3 Å². The lowest BCUT2D eigenvalue weighted by atomic mass is 10.0. The Bertz CT molecular complexity index is 1210. The van der Waals surface area contributed by atoms with Crippen LogP contribution in [0.25, 0.3) is 10.8 Å². The summed E-state index contributed by atoms with van der Waals surface area (Å²) in [5.74, 6) is 1.84. The van der Waals surface area contributed by atoms with Crippen LogP contribution in [0.15, 0.2) is 102 Å². The van der Waals surface area contributed by atoms with Crippen LogP contribution in [-0.2, 0) is 6.61 Å². The molecule has 4 aromatic rings. The molecule has 4 nitrogen and oxygen atoms in total. The van der Waals surface area contributed by atoms with Crippen molar-refractivity contribution >= 4 is 22.3 Å². The topological polar surface area (TPSA) is 36.9 Å². The van der Waals surface area contributed by atoms with Crippen molar-refractivity contribution in [3.8, 4) is 5.75 Å². The zero-order valence-electron chi connectivity index (χ0n) is 18.1. The summed E-state index contributed by atoms with van der Waals surface area (Å²) in [5.41, 5.74) is 3.22. The van der Waals surface area contributed by atoms with Gasteiger partial charge in [0, 0.05) is 37.8 Å². The van der Waals surface area contributed by atoms with Gasteiger partial charge in [-0.2, -0.15) is 0 Å². The van der Waals surface area contributed by atoms with Crippen molar-refractivity contribution in [2.45, 2.75) is 6.61 Å². The molecular weight excluding hydrogens is 394 g/mol. The Hall–Kier alpha value is -3.63. The number of fused-ring (bicyclic) bond motifs is 1. The average Bonchev–Trinajstić information content (AvgIpc) is 2.87. The van der Waals surface area contributed by atoms with Crippen molar-refractivity contribution in [2.75, 3.05) is 26.2 Å². The molecule has 160 valence electrons. The number of benzene rings is 4. The molecule has 0 radical (unpaired) electrons. The number of aliphatic imine (C=N–C) groups is 1. The molecule has 1 N–H and O–H groups in total. The van der Waals surface area contributed by atoms with E-state index in [4.69, 9.17) is 9.73 Å². The summed E-state index contributed by atoms with van der Waals surface area (Å²) in [4.78, 5) is 7.54. The first kappa shape index (κ1) is 20.3. The number of rotatable bonds is 5. The summed E-state index contributed by atoms with van der Waals surface area (Å²) >= 11 is 0. The predicted octanol–water partition coefficient (Wildman–Crippen LogP) is 5.40. The molecule has 0 spiro atoms. The van der Waals surface area contributed by atoms with Crippen molar-refractivity contribution in [1.29, 1.82) is 0 Å². The normalized spacial score (nSPS) is 14.5. The van der Waals surface area contributed by atoms with E-state index >= 15 is 0 Å². The first-order chi connectivity index (χ1) is 15.9. The third kappa shape index (κ3) is 4.66. The number of amidine groups is 1. The third-order valence-electron chi connectivity index (χ3n) is 5.75. The second kappa shape index (κ2) is 9.67. The van der Waals surface area contributed by atoms with E-state index in [1.807, 2.05) is 42.5 Å². The van der Waals surface area contributed by atoms with Crippen LogP contribution in [0.5, 0.6) is 5.75 Å². The maximum atomic E-state index is 6.04. The summed E-state index contributed by atoms with van der Waals surface area (Å²) in [5, 5.41) is 5.90. The van der Waals surface area contributed by atoms with Gasteiger partial charge in [0.05, 0.1) is 5.69 Å². The molecular formula is C28H27N3O. The van der Waals surface area contributed by atoms with Crippen LogP contribution < -0.4 is 10.1 Å². The minimum atomic E-state index is 0.544. The van der Waals surface area contributed by atoms with Gasteiger partial charge in [0.2, 0.25) is 0 Å². The lowest BCUT2D eigenvalue weighted by molar-refractivity contribution is 0.306. The van der Waals surface area contributed by atoms with E-state index in [9.17, 15) is 0 Å². The van der Waals surface area contributed by atoms with Crippen LogP contribution >= 0.6 is 0 Å². The summed E-state index contributed by atoms with van der Waals surface area (Å²) < 4.78 is 6.04. The molecule has 0 amide bonds. The minimum Gasteiger partial charge on any atom is -0.489 e. The number of hydrogen-bond acceptors (Lipinski definition) is 3. The van der Waals surface area contributed by atoms with Gasteiger partial charge < -0.3 is 15.0 Å². The smallest absolute Gasteiger partial charge is 0.137 e. The maximum Gasteiger partial charge on any atom is 0.137 e. The maximum absolute atomic E-state index is 6.04. The van der Waals surface area contributed by atoms with E-state index in [-0.39, 0.29) is 0 Å². The summed E-state index contributed by atoms with van der Waals surface area (Å²) in [6.07, 6.45) is 0. The van der Waals surface area contributed by atoms with Crippen molar-refractivity contribution < 1.29 is 4.74 Å². The van der Waals surface area contributed by atoms with Crippen LogP contribution in [0.4, 0.5) is 5.69 Å². The first-order valence-corrected chi connectivity index (χ1v) is 11.2. The van der Waals surface area contributed by atoms with Crippen molar-refractivity contribution in [3.63, 3.8) is 0 Å². The zero-order valence-corrected chi connectivity index (χ0v) is 18.1. The highest BCUT2D eigenvalue weighted by Crippen LogP contribution is 2.26. The molecule has 1 saturated heterocycles. The second-order valence-corrected chi connectivity index (χ2v) is 7.97. The zero-order chi connectivity index (χ0) is 21.6. The van der Waals surface area contributed by atoms with Gasteiger partial charge in [-0.15, -0.1) is 0 Å². The number of piperazine rings is 1. The number of ether oxygens (including phenoxy) is 1. The standard InChI is InChI=1S/C28H27N3O/c1-2-8-22(9-3-1)21-32-25-13-7-12-24(20-25)30-28(31-18-16-29-17-19-31)27-15-6-11-23-10-4-5-14-26(23)27/h1-15,20,29H,16-19,21H2. The Morgan fingerprint density at radius 1 is 0.812 bits per heavy atom. The van der Waals surface area contributed by atoms with Gasteiger partial charge >= 0.3 is 0 Å². The lowest BCUT2D eigenvalue weighted by Crippen LogP contribution is -2.46. The predicted molar refractivity (Wildman–Crippen MR) is 132 cm³/mol. The molecule has 1 aliphatic heterocycles. The van der Waals surface area contributed by atoms with Gasteiger partial charge in [-0.05, 0) is 28.5 Å². The monoisotopic (exact) mass is 421 g/mol. The molecule has 1 fully saturated rings. The molecule has 1 aliphatic rings. The molecule has 0 atom stereocenters. The molecule has 32 heavy (non-hydrogen) atoms. The van der Waals surface area contributed by atoms with Gasteiger partial charge in [0.15, 0.2) is 0 Å². The highest BCUT2D eigenvalue weighted by atomic mass is 16.5. The van der Waals surface area contributed by atoms with Crippen LogP contribution in [0.3, 0.4) is 0 Å². The molecule has 5 rings (SSSR count). The van der Waals surface area contributed by atoms with E-state index in [1.54, 1.807) is 0 Å². The van der Waals surface area contributed by atoms with E-state index < -0.39 is 0 Å². The molecule has 0 saturated carbocycles. The van der Waals surface area contributed by atoms with Crippen molar-refractivity contribution in [2.24, 2.45) is 4.99 Å². The largest absolute Gasteiger partial charge is 0.489 e. The van der Waals surface area contributed by atoms with Gasteiger partial charge in [-0.1, -0.05) is 78.9 Å². The van der Waals surface area contributed by atoms with E-state index in [2.05, 4.69) is 64.8 Å². The van der Waals surface area contributed by atoms with Crippen LogP contribution in [0, 0.1) is 0 Å². The molecule has 4 aromatic carbocycles. The van der Waals surface area contributed by atoms with Gasteiger partial charge in [-0.3, -0.25) is 0 Å². The molecule has 0 unspecified atom stereocenters. The molecule has 1 heterocycles. The van der Waals surface area contributed by atoms with Crippen molar-refractivity contribution in [1.82, 2.24) is 10.2 Å². The second-order valence-electron chi connectivity index (χ2n) is 7.97. The van der Waals surface area contributed by atoms with Gasteiger partial charge in [0.25, 0.3) is 0 Å². The SMILES string of the molecule is c1ccc(COc2cccc(N=C(c3cccc4ccccc34)N3CCNCC3)c2)cc1. The Balaban J connectivity index is 1.49. The Labute approximate surface area is 189 Å². The number of hydrogen-bond donors (Lipinski definition) is 1. The van der Waals surface area contributed by atoms with Crippen LogP contribution in [-0.4, -0.2) is 36.9 Å². The fraction of sp³-hybridized carbons (Fsp3) is 0.179. The fourth-order valence-electron chi connectivity index (χ4n) is 4.10. The Kier molecular flexibility index (Phi) is 6.13. The molecule has 0 aromatic heterocycles. The Morgan fingerprint density at radius 3 is 2.44 bits per heavy atom. The van der Waals surface area contributed by atoms with Crippen LogP contribution in [0.1, 0.15) is 11.1 Å². The highest BCUT2D eigenvalue weighted by molar-refractivity contribution is 6.10. The summed E-state index contributed by atoms with van der Waals surface area (Å²) in [7, 11) is 0. The average molecular weight is 422 g/mol. The van der Waals surface area contributed by atoms with Gasteiger partial charge in [-0.25, -0.2) is 4.99 Å². The molecule has 0 aliphatic carbocycles. The van der Waals surface area contributed by atoms with E-state index in [0.29, 0.717) is 6.61 Å². The Morgan fingerprint density at radius 2 is 1.56 bits per heavy atom. The molecule has 0 bridgehead atoms. The molecule has 4 heteroatoms. The highest BCUT2D eigenvalue weighted by Gasteiger charge is 2.18. The number of nitrogens with zero attached hydrogens (tertiary/aromatic N) is 2. The minimum absolute atomic E-state index is 0.544. The van der Waals surface area contributed by atoms with E-state index in [0.717, 1.165) is 49.0 Å². The lowest BCUT2D eigenvalue weighted by Gasteiger charge is -2.31.